The molecule has 0 aromatic carbocycles. The molecular formula is C19H38N2O. The Bertz CT molecular complexity index is 292. The highest BCUT2D eigenvalue weighted by molar-refractivity contribution is 4.77. The number of ether oxygens (including phenoxy) is 1. The number of rotatable bonds is 7. The van der Waals surface area contributed by atoms with E-state index in [9.17, 15) is 0 Å². The van der Waals surface area contributed by atoms with Crippen LogP contribution in [0, 0.1) is 11.8 Å². The number of hydrogen-bond donors (Lipinski definition) is 0. The van der Waals surface area contributed by atoms with Crippen molar-refractivity contribution in [1.82, 2.24) is 9.80 Å². The van der Waals surface area contributed by atoms with Gasteiger partial charge >= 0.3 is 0 Å². The summed E-state index contributed by atoms with van der Waals surface area (Å²) in [5, 5.41) is 0. The number of hydrogen-bond acceptors (Lipinski definition) is 3. The summed E-state index contributed by atoms with van der Waals surface area (Å²) in [6, 6.07) is 0.710. The molecule has 1 aliphatic heterocycles. The number of nitrogens with zero attached hydrogens (tertiary/aromatic N) is 2. The van der Waals surface area contributed by atoms with Crippen LogP contribution in [0.2, 0.25) is 0 Å². The molecule has 1 saturated heterocycles. The first-order valence-corrected chi connectivity index (χ1v) is 9.57. The molecule has 1 atom stereocenters. The Balaban J connectivity index is 1.58. The van der Waals surface area contributed by atoms with Crippen LogP contribution in [0.1, 0.15) is 59.3 Å². The van der Waals surface area contributed by atoms with Crippen molar-refractivity contribution in [2.75, 3.05) is 39.8 Å². The maximum absolute atomic E-state index is 5.48. The quantitative estimate of drug-likeness (QED) is 0.714. The van der Waals surface area contributed by atoms with E-state index in [1.54, 1.807) is 0 Å². The Labute approximate surface area is 138 Å². The molecule has 0 spiro atoms. The van der Waals surface area contributed by atoms with Crippen molar-refractivity contribution >= 4 is 0 Å². The van der Waals surface area contributed by atoms with Gasteiger partial charge in [-0.15, -0.1) is 0 Å². The van der Waals surface area contributed by atoms with E-state index in [1.165, 1.54) is 71.2 Å². The largest absolute Gasteiger partial charge is 0.381 e. The summed E-state index contributed by atoms with van der Waals surface area (Å²) in [4.78, 5) is 5.29. The van der Waals surface area contributed by atoms with Crippen LogP contribution in [0.3, 0.4) is 0 Å². The SMILES string of the molecule is CO[C@H]1CC[C@H](CC[C@H](C)CN2CCN(C(C)C)CC2)CC1. The topological polar surface area (TPSA) is 15.7 Å². The molecule has 2 fully saturated rings. The van der Waals surface area contributed by atoms with Crippen molar-refractivity contribution in [3.63, 3.8) is 0 Å². The Morgan fingerprint density at radius 3 is 2.14 bits per heavy atom. The average molecular weight is 311 g/mol. The first kappa shape index (κ1) is 18.2. The predicted molar refractivity (Wildman–Crippen MR) is 94.3 cm³/mol. The molecule has 0 aromatic rings. The van der Waals surface area contributed by atoms with Crippen LogP contribution in [0.4, 0.5) is 0 Å². The summed E-state index contributed by atoms with van der Waals surface area (Å²) in [5.74, 6) is 1.82. The second-order valence-electron chi connectivity index (χ2n) is 7.99. The van der Waals surface area contributed by atoms with Crippen LogP contribution >= 0.6 is 0 Å². The second-order valence-corrected chi connectivity index (χ2v) is 7.99. The van der Waals surface area contributed by atoms with Crippen molar-refractivity contribution in [3.05, 3.63) is 0 Å². The highest BCUT2D eigenvalue weighted by atomic mass is 16.5. The Kier molecular flexibility index (Phi) is 7.66. The van der Waals surface area contributed by atoms with Crippen LogP contribution in [0.5, 0.6) is 0 Å². The molecule has 1 aliphatic carbocycles. The maximum atomic E-state index is 5.48. The van der Waals surface area contributed by atoms with Gasteiger partial charge in [0.05, 0.1) is 6.10 Å². The molecule has 3 nitrogen and oxygen atoms in total. The zero-order valence-electron chi connectivity index (χ0n) is 15.4. The van der Waals surface area contributed by atoms with Crippen molar-refractivity contribution in [1.29, 1.82) is 0 Å². The van der Waals surface area contributed by atoms with Crippen molar-refractivity contribution in [2.45, 2.75) is 71.4 Å². The van der Waals surface area contributed by atoms with Gasteiger partial charge in [-0.2, -0.15) is 0 Å². The lowest BCUT2D eigenvalue weighted by molar-refractivity contribution is 0.0537. The zero-order valence-corrected chi connectivity index (χ0v) is 15.4. The minimum absolute atomic E-state index is 0.547. The molecule has 2 rings (SSSR count). The third-order valence-corrected chi connectivity index (χ3v) is 5.90. The fraction of sp³-hybridized carbons (Fsp3) is 1.00. The molecule has 0 unspecified atom stereocenters. The molecule has 1 saturated carbocycles. The maximum Gasteiger partial charge on any atom is 0.0571 e. The molecule has 1 heterocycles. The molecule has 2 aliphatic rings. The van der Waals surface area contributed by atoms with E-state index in [0.717, 1.165) is 11.8 Å². The van der Waals surface area contributed by atoms with E-state index in [-0.39, 0.29) is 0 Å². The van der Waals surface area contributed by atoms with E-state index in [1.807, 2.05) is 7.11 Å². The van der Waals surface area contributed by atoms with E-state index in [0.29, 0.717) is 12.1 Å². The minimum Gasteiger partial charge on any atom is -0.381 e. The first-order chi connectivity index (χ1) is 10.6. The van der Waals surface area contributed by atoms with Gasteiger partial charge < -0.3 is 9.64 Å². The third-order valence-electron chi connectivity index (χ3n) is 5.90. The zero-order chi connectivity index (χ0) is 15.9. The lowest BCUT2D eigenvalue weighted by Gasteiger charge is -2.38. The van der Waals surface area contributed by atoms with Gasteiger partial charge in [0.15, 0.2) is 0 Å². The standard InChI is InChI=1S/C19H38N2O/c1-16(2)21-13-11-20(12-14-21)15-17(3)5-6-18-7-9-19(22-4)10-8-18/h16-19H,5-15H2,1-4H3/t17-,18-,19-/m0/s1. The average Bonchev–Trinajstić information content (AvgIpc) is 2.54. The van der Waals surface area contributed by atoms with Gasteiger partial charge in [-0.3, -0.25) is 4.90 Å². The second kappa shape index (κ2) is 9.24. The highest BCUT2D eigenvalue weighted by Crippen LogP contribution is 2.30. The van der Waals surface area contributed by atoms with E-state index >= 15 is 0 Å². The molecule has 0 N–H and O–H groups in total. The lowest BCUT2D eigenvalue weighted by atomic mass is 9.83. The van der Waals surface area contributed by atoms with Crippen molar-refractivity contribution < 1.29 is 4.74 Å². The summed E-state index contributed by atoms with van der Waals surface area (Å²) in [6.07, 6.45) is 8.73. The summed E-state index contributed by atoms with van der Waals surface area (Å²) in [5.41, 5.74) is 0. The summed E-state index contributed by atoms with van der Waals surface area (Å²) < 4.78 is 5.48. The normalized spacial score (nSPS) is 29.9. The molecule has 0 radical (unpaired) electrons. The highest BCUT2D eigenvalue weighted by Gasteiger charge is 2.23. The van der Waals surface area contributed by atoms with Gasteiger partial charge in [0, 0.05) is 45.9 Å². The first-order valence-electron chi connectivity index (χ1n) is 9.57. The molecular weight excluding hydrogens is 272 g/mol. The Hall–Kier alpha value is -0.120. The molecule has 130 valence electrons. The Morgan fingerprint density at radius 1 is 0.955 bits per heavy atom. The van der Waals surface area contributed by atoms with Crippen molar-refractivity contribution in [2.24, 2.45) is 11.8 Å². The van der Waals surface area contributed by atoms with Gasteiger partial charge in [0.25, 0.3) is 0 Å². The van der Waals surface area contributed by atoms with Crippen molar-refractivity contribution in [3.8, 4) is 0 Å². The minimum atomic E-state index is 0.547. The Morgan fingerprint density at radius 2 is 1.59 bits per heavy atom. The van der Waals surface area contributed by atoms with Crippen LogP contribution in [0.25, 0.3) is 0 Å². The molecule has 0 amide bonds. The molecule has 22 heavy (non-hydrogen) atoms. The van der Waals surface area contributed by atoms with E-state index < -0.39 is 0 Å². The van der Waals surface area contributed by atoms with Gasteiger partial charge in [-0.05, 0) is 57.8 Å². The van der Waals surface area contributed by atoms with Crippen LogP contribution < -0.4 is 0 Å². The predicted octanol–water partition coefficient (Wildman–Crippen LogP) is 3.63. The number of methoxy groups -OCH3 is 1. The van der Waals surface area contributed by atoms with E-state index in [4.69, 9.17) is 4.74 Å². The summed E-state index contributed by atoms with van der Waals surface area (Å²) in [6.45, 7) is 13.4. The van der Waals surface area contributed by atoms with E-state index in [2.05, 4.69) is 30.6 Å². The van der Waals surface area contributed by atoms with Crippen LogP contribution in [-0.2, 0) is 4.74 Å². The van der Waals surface area contributed by atoms with Gasteiger partial charge in [0.1, 0.15) is 0 Å². The molecule has 0 aromatic heterocycles. The number of piperazine rings is 1. The van der Waals surface area contributed by atoms with Crippen LogP contribution in [0.15, 0.2) is 0 Å². The van der Waals surface area contributed by atoms with Crippen LogP contribution in [-0.4, -0.2) is 61.8 Å². The molecule has 3 heteroatoms. The third kappa shape index (κ3) is 5.82. The fourth-order valence-electron chi connectivity index (χ4n) is 4.17. The summed E-state index contributed by atoms with van der Waals surface area (Å²) in [7, 11) is 1.87. The van der Waals surface area contributed by atoms with Gasteiger partial charge in [-0.1, -0.05) is 13.3 Å². The smallest absolute Gasteiger partial charge is 0.0571 e. The fourth-order valence-corrected chi connectivity index (χ4v) is 4.17. The van der Waals surface area contributed by atoms with Gasteiger partial charge in [-0.25, -0.2) is 0 Å². The lowest BCUT2D eigenvalue weighted by Crippen LogP contribution is -2.49. The monoisotopic (exact) mass is 310 g/mol. The summed E-state index contributed by atoms with van der Waals surface area (Å²) >= 11 is 0. The van der Waals surface area contributed by atoms with Gasteiger partial charge in [0.2, 0.25) is 0 Å². The molecule has 0 bridgehead atoms.